The lowest BCUT2D eigenvalue weighted by Crippen LogP contribution is -2.54. The summed E-state index contributed by atoms with van der Waals surface area (Å²) in [5.74, 6) is 1.02. The Balaban J connectivity index is 2.60. The van der Waals surface area contributed by atoms with Crippen molar-refractivity contribution in [1.82, 2.24) is 0 Å². The van der Waals surface area contributed by atoms with Crippen LogP contribution in [0.1, 0.15) is 81.1 Å². The lowest BCUT2D eigenvalue weighted by atomic mass is 9.59. The van der Waals surface area contributed by atoms with Crippen molar-refractivity contribution in [2.24, 2.45) is 22.7 Å². The molecule has 28 heavy (non-hydrogen) atoms. The number of carbonyl (C=O) groups excluding carboxylic acids is 2. The number of Topliss-reactive ketones (excluding diaryl/α,β-unsaturated/α-hetero) is 2. The Kier molecular flexibility index (Phi) is 6.19. The zero-order chi connectivity index (χ0) is 21.5. The normalized spacial score (nSPS) is 28.7. The van der Waals surface area contributed by atoms with Crippen molar-refractivity contribution in [2.45, 2.75) is 86.7 Å². The number of allylic oxidation sites excluding steroid dienone is 4. The van der Waals surface area contributed by atoms with Gasteiger partial charge >= 0.3 is 0 Å². The van der Waals surface area contributed by atoms with Crippen molar-refractivity contribution in [3.8, 4) is 0 Å². The van der Waals surface area contributed by atoms with E-state index in [9.17, 15) is 9.59 Å². The number of hydrogen-bond acceptors (Lipinski definition) is 3. The summed E-state index contributed by atoms with van der Waals surface area (Å²) in [5.41, 5.74) is -0.324. The van der Waals surface area contributed by atoms with E-state index in [0.29, 0.717) is 11.7 Å². The van der Waals surface area contributed by atoms with Gasteiger partial charge in [0.15, 0.2) is 11.6 Å². The summed E-state index contributed by atoms with van der Waals surface area (Å²) < 4.78 is 6.56. The van der Waals surface area contributed by atoms with Gasteiger partial charge in [0.2, 0.25) is 0 Å². The first-order valence-corrected chi connectivity index (χ1v) is 10.6. The van der Waals surface area contributed by atoms with E-state index in [2.05, 4.69) is 40.3 Å². The molecule has 0 amide bonds. The van der Waals surface area contributed by atoms with Crippen LogP contribution in [0.15, 0.2) is 35.6 Å². The van der Waals surface area contributed by atoms with Crippen LogP contribution in [-0.2, 0) is 14.3 Å². The lowest BCUT2D eigenvalue weighted by Gasteiger charge is -2.50. The quantitative estimate of drug-likeness (QED) is 0.403. The molecule has 0 radical (unpaired) electrons. The maximum Gasteiger partial charge on any atom is 0.175 e. The molecular weight excluding hydrogens is 348 g/mol. The van der Waals surface area contributed by atoms with Crippen LogP contribution in [0, 0.1) is 22.7 Å². The van der Waals surface area contributed by atoms with Crippen molar-refractivity contribution in [1.29, 1.82) is 0 Å². The van der Waals surface area contributed by atoms with E-state index in [-0.39, 0.29) is 17.5 Å². The van der Waals surface area contributed by atoms with E-state index in [0.717, 1.165) is 31.3 Å². The third kappa shape index (κ3) is 3.90. The number of ketones is 2. The first kappa shape index (κ1) is 22.6. The smallest absolute Gasteiger partial charge is 0.175 e. The van der Waals surface area contributed by atoms with Crippen LogP contribution in [0.3, 0.4) is 0 Å². The summed E-state index contributed by atoms with van der Waals surface area (Å²) in [5, 5.41) is 0. The topological polar surface area (TPSA) is 43.4 Å². The average Bonchev–Trinajstić information content (AvgIpc) is 2.58. The molecule has 156 valence electrons. The first-order chi connectivity index (χ1) is 12.8. The summed E-state index contributed by atoms with van der Waals surface area (Å²) in [6.07, 6.45) is 7.45. The van der Waals surface area contributed by atoms with Gasteiger partial charge in [-0.2, -0.15) is 0 Å². The fraction of sp³-hybridized carbons (Fsp3) is 0.680. The van der Waals surface area contributed by atoms with E-state index in [1.165, 1.54) is 5.57 Å². The van der Waals surface area contributed by atoms with Crippen molar-refractivity contribution in [3.05, 3.63) is 35.6 Å². The maximum atomic E-state index is 13.4. The summed E-state index contributed by atoms with van der Waals surface area (Å²) in [6, 6.07) is 0. The van der Waals surface area contributed by atoms with Crippen molar-refractivity contribution >= 4 is 11.6 Å². The van der Waals surface area contributed by atoms with Gasteiger partial charge in [-0.05, 0) is 85.1 Å². The molecule has 0 saturated heterocycles. The number of rotatable bonds is 6. The standard InChI is InChI=1S/C25H38O3/c1-10-25(13-11-12-16(2)3)15-18(14-17(4)5)19-20(26)23(6,7)22(27)24(8,9)21(19)28-25/h10,12,17-18H,1,11,13-15H2,2-9H3/t18-,25-/m1/s1. The van der Waals surface area contributed by atoms with Crippen LogP contribution >= 0.6 is 0 Å². The summed E-state index contributed by atoms with van der Waals surface area (Å²) in [4.78, 5) is 26.6. The van der Waals surface area contributed by atoms with Gasteiger partial charge in [0, 0.05) is 5.57 Å². The van der Waals surface area contributed by atoms with Gasteiger partial charge in [0.25, 0.3) is 0 Å². The molecule has 0 N–H and O–H groups in total. The van der Waals surface area contributed by atoms with Crippen molar-refractivity contribution in [2.75, 3.05) is 0 Å². The minimum atomic E-state index is -1.00. The SMILES string of the molecule is C=C[C@@]1(CCC=C(C)C)C[C@@H](CC(C)C)C2=C(O1)C(C)(C)C(=O)C(C)(C)C2=O. The molecule has 2 atom stereocenters. The fourth-order valence-corrected chi connectivity index (χ4v) is 4.84. The van der Waals surface area contributed by atoms with Crippen LogP contribution in [0.25, 0.3) is 0 Å². The van der Waals surface area contributed by atoms with Crippen LogP contribution in [0.4, 0.5) is 0 Å². The van der Waals surface area contributed by atoms with Gasteiger partial charge in [-0.3, -0.25) is 9.59 Å². The zero-order valence-electron chi connectivity index (χ0n) is 19.1. The van der Waals surface area contributed by atoms with Gasteiger partial charge < -0.3 is 4.74 Å². The minimum absolute atomic E-state index is 0.0561. The molecule has 0 fully saturated rings. The highest BCUT2D eigenvalue weighted by Gasteiger charge is 2.58. The Bertz CT molecular complexity index is 729. The molecule has 0 aromatic rings. The highest BCUT2D eigenvalue weighted by atomic mass is 16.5. The predicted octanol–water partition coefficient (Wildman–Crippen LogP) is 6.20. The second-order valence-electron chi connectivity index (χ2n) is 10.4. The Morgan fingerprint density at radius 3 is 2.29 bits per heavy atom. The van der Waals surface area contributed by atoms with E-state index in [1.807, 2.05) is 19.9 Å². The molecular formula is C25H38O3. The van der Waals surface area contributed by atoms with Crippen LogP contribution in [0.2, 0.25) is 0 Å². The lowest BCUT2D eigenvalue weighted by molar-refractivity contribution is -0.149. The van der Waals surface area contributed by atoms with E-state index in [1.54, 1.807) is 13.8 Å². The van der Waals surface area contributed by atoms with Crippen LogP contribution < -0.4 is 0 Å². The van der Waals surface area contributed by atoms with Gasteiger partial charge in [-0.25, -0.2) is 0 Å². The molecule has 1 aliphatic heterocycles. The molecule has 0 aromatic heterocycles. The second-order valence-corrected chi connectivity index (χ2v) is 10.4. The molecule has 3 nitrogen and oxygen atoms in total. The molecule has 2 rings (SSSR count). The zero-order valence-corrected chi connectivity index (χ0v) is 19.1. The molecule has 1 heterocycles. The summed E-state index contributed by atoms with van der Waals surface area (Å²) >= 11 is 0. The number of ether oxygens (including phenoxy) is 1. The molecule has 0 unspecified atom stereocenters. The Labute approximate surface area is 171 Å². The van der Waals surface area contributed by atoms with E-state index in [4.69, 9.17) is 4.74 Å². The average molecular weight is 387 g/mol. The molecule has 0 aromatic carbocycles. The number of carbonyl (C=O) groups is 2. The fourth-order valence-electron chi connectivity index (χ4n) is 4.84. The maximum absolute atomic E-state index is 13.4. The molecule has 0 saturated carbocycles. The minimum Gasteiger partial charge on any atom is -0.486 e. The largest absolute Gasteiger partial charge is 0.486 e. The van der Waals surface area contributed by atoms with Crippen LogP contribution in [-0.4, -0.2) is 17.2 Å². The van der Waals surface area contributed by atoms with Crippen molar-refractivity contribution in [3.63, 3.8) is 0 Å². The Morgan fingerprint density at radius 1 is 1.18 bits per heavy atom. The van der Waals surface area contributed by atoms with Gasteiger partial charge in [0.05, 0.1) is 10.8 Å². The molecule has 2 aliphatic rings. The van der Waals surface area contributed by atoms with E-state index >= 15 is 0 Å². The monoisotopic (exact) mass is 386 g/mol. The predicted molar refractivity (Wildman–Crippen MR) is 115 cm³/mol. The van der Waals surface area contributed by atoms with Gasteiger partial charge in [-0.1, -0.05) is 32.1 Å². The van der Waals surface area contributed by atoms with Crippen molar-refractivity contribution < 1.29 is 14.3 Å². The molecule has 1 aliphatic carbocycles. The van der Waals surface area contributed by atoms with E-state index < -0.39 is 16.4 Å². The third-order valence-electron chi connectivity index (χ3n) is 6.31. The first-order valence-electron chi connectivity index (χ1n) is 10.6. The summed E-state index contributed by atoms with van der Waals surface area (Å²) in [7, 11) is 0. The summed E-state index contributed by atoms with van der Waals surface area (Å²) in [6.45, 7) is 20.0. The highest BCUT2D eigenvalue weighted by molar-refractivity contribution is 6.19. The van der Waals surface area contributed by atoms with Gasteiger partial charge in [-0.15, -0.1) is 0 Å². The third-order valence-corrected chi connectivity index (χ3v) is 6.31. The molecule has 0 bridgehead atoms. The Morgan fingerprint density at radius 2 is 1.79 bits per heavy atom. The second kappa shape index (κ2) is 7.65. The Hall–Kier alpha value is -1.64. The van der Waals surface area contributed by atoms with Gasteiger partial charge in [0.1, 0.15) is 11.4 Å². The van der Waals surface area contributed by atoms with Crippen LogP contribution in [0.5, 0.6) is 0 Å². The molecule has 0 spiro atoms. The number of hydrogen-bond donors (Lipinski definition) is 0. The molecule has 3 heteroatoms. The highest BCUT2D eigenvalue weighted by Crippen LogP contribution is 2.54.